The second kappa shape index (κ2) is 10.2. The van der Waals surface area contributed by atoms with Crippen LogP contribution < -0.4 is 10.6 Å². The summed E-state index contributed by atoms with van der Waals surface area (Å²) in [5.74, 6) is 0.0253. The summed E-state index contributed by atoms with van der Waals surface area (Å²) in [5.41, 5.74) is 4.76. The highest BCUT2D eigenvalue weighted by Crippen LogP contribution is 2.34. The Morgan fingerprint density at radius 2 is 1.45 bits per heavy atom. The van der Waals surface area contributed by atoms with Gasteiger partial charge in [0.1, 0.15) is 5.78 Å². The van der Waals surface area contributed by atoms with E-state index in [1.54, 1.807) is 13.0 Å². The van der Waals surface area contributed by atoms with Gasteiger partial charge in [-0.2, -0.15) is 0 Å². The highest BCUT2D eigenvalue weighted by molar-refractivity contribution is 6.08. The molecule has 0 saturated heterocycles. The molecule has 0 fully saturated rings. The molecule has 0 unspecified atom stereocenters. The summed E-state index contributed by atoms with van der Waals surface area (Å²) in [6.45, 7) is 1.42. The first-order chi connectivity index (χ1) is 16.0. The molecule has 6 nitrogen and oxygen atoms in total. The number of aliphatic hydroxyl groups excluding tert-OH is 1. The van der Waals surface area contributed by atoms with Crippen LogP contribution in [-0.2, 0) is 16.2 Å². The normalized spacial score (nSPS) is 11.0. The third kappa shape index (κ3) is 5.54. The highest BCUT2D eigenvalue weighted by Gasteiger charge is 2.11. The number of hydrogen-bond acceptors (Lipinski definition) is 5. The van der Waals surface area contributed by atoms with Crippen molar-refractivity contribution in [3.05, 3.63) is 72.3 Å². The van der Waals surface area contributed by atoms with Crippen LogP contribution in [0.1, 0.15) is 38.2 Å². The summed E-state index contributed by atoms with van der Waals surface area (Å²) < 4.78 is 0. The summed E-state index contributed by atoms with van der Waals surface area (Å²) in [6, 6.07) is 21.4. The zero-order valence-corrected chi connectivity index (χ0v) is 18.6. The molecule has 4 aromatic rings. The molecule has 1 aromatic heterocycles. The maximum atomic E-state index is 12.4. The number of carbonyl (C=O) groups is 2. The number of pyridine rings is 1. The summed E-state index contributed by atoms with van der Waals surface area (Å²) >= 11 is 0. The van der Waals surface area contributed by atoms with Crippen LogP contribution in [-0.4, -0.2) is 21.8 Å². The SMILES string of the molecule is CC(=O)CCCCC(=O)Nc1cc(CO)cc(Nc2c3ccccc3nc3ccccc23)c1. The van der Waals surface area contributed by atoms with Gasteiger partial charge < -0.3 is 20.5 Å². The smallest absolute Gasteiger partial charge is 0.224 e. The molecule has 0 aliphatic heterocycles. The van der Waals surface area contributed by atoms with Gasteiger partial charge in [0.15, 0.2) is 0 Å². The number of ketones is 1. The number of nitrogens with one attached hydrogen (secondary N) is 2. The van der Waals surface area contributed by atoms with Gasteiger partial charge >= 0.3 is 0 Å². The number of carbonyl (C=O) groups excluding carboxylic acids is 2. The molecule has 0 saturated carbocycles. The number of aromatic nitrogens is 1. The molecule has 0 bridgehead atoms. The number of fused-ring (bicyclic) bond motifs is 2. The van der Waals surface area contributed by atoms with Crippen molar-refractivity contribution < 1.29 is 14.7 Å². The minimum Gasteiger partial charge on any atom is -0.392 e. The molecule has 1 heterocycles. The van der Waals surface area contributed by atoms with E-state index in [0.717, 1.165) is 33.2 Å². The Morgan fingerprint density at radius 3 is 2.09 bits per heavy atom. The molecule has 3 N–H and O–H groups in total. The van der Waals surface area contributed by atoms with Gasteiger partial charge in [-0.15, -0.1) is 0 Å². The van der Waals surface area contributed by atoms with Gasteiger partial charge in [-0.25, -0.2) is 4.98 Å². The van der Waals surface area contributed by atoms with Crippen LogP contribution in [0.4, 0.5) is 17.1 Å². The molecule has 0 aliphatic rings. The van der Waals surface area contributed by atoms with Crippen molar-refractivity contribution in [2.45, 2.75) is 39.2 Å². The predicted molar refractivity (Wildman–Crippen MR) is 133 cm³/mol. The van der Waals surface area contributed by atoms with Crippen molar-refractivity contribution in [1.29, 1.82) is 0 Å². The highest BCUT2D eigenvalue weighted by atomic mass is 16.3. The maximum Gasteiger partial charge on any atom is 0.224 e. The topological polar surface area (TPSA) is 91.3 Å². The van der Waals surface area contributed by atoms with E-state index in [1.165, 1.54) is 0 Å². The summed E-state index contributed by atoms with van der Waals surface area (Å²) in [4.78, 5) is 28.2. The molecule has 6 heteroatoms. The van der Waals surface area contributed by atoms with Crippen molar-refractivity contribution in [3.63, 3.8) is 0 Å². The Hall–Kier alpha value is -3.77. The molecular weight excluding hydrogens is 414 g/mol. The average Bonchev–Trinajstić information content (AvgIpc) is 2.81. The van der Waals surface area contributed by atoms with Crippen LogP contribution in [0.5, 0.6) is 0 Å². The lowest BCUT2D eigenvalue weighted by molar-refractivity contribution is -0.118. The minimum atomic E-state index is -0.144. The fourth-order valence-electron chi connectivity index (χ4n) is 3.93. The maximum absolute atomic E-state index is 12.4. The largest absolute Gasteiger partial charge is 0.392 e. The minimum absolute atomic E-state index is 0.112. The van der Waals surface area contributed by atoms with E-state index in [4.69, 9.17) is 4.98 Å². The van der Waals surface area contributed by atoms with Crippen molar-refractivity contribution in [1.82, 2.24) is 4.98 Å². The van der Waals surface area contributed by atoms with Crippen LogP contribution in [0.15, 0.2) is 66.7 Å². The van der Waals surface area contributed by atoms with E-state index in [2.05, 4.69) is 10.6 Å². The molecule has 0 aliphatic carbocycles. The third-order valence-electron chi connectivity index (χ3n) is 5.50. The molecule has 0 spiro atoms. The number of unbranched alkanes of at least 4 members (excludes halogenated alkanes) is 1. The molecule has 33 heavy (non-hydrogen) atoms. The van der Waals surface area contributed by atoms with Gasteiger partial charge in [-0.1, -0.05) is 36.4 Å². The van der Waals surface area contributed by atoms with E-state index < -0.39 is 0 Å². The van der Waals surface area contributed by atoms with E-state index in [0.29, 0.717) is 36.9 Å². The zero-order valence-electron chi connectivity index (χ0n) is 18.6. The number of hydrogen-bond donors (Lipinski definition) is 3. The average molecular weight is 442 g/mol. The van der Waals surface area contributed by atoms with Crippen molar-refractivity contribution >= 4 is 50.6 Å². The van der Waals surface area contributed by atoms with Gasteiger partial charge in [0.25, 0.3) is 0 Å². The Morgan fingerprint density at radius 1 is 0.848 bits per heavy atom. The number of benzene rings is 3. The van der Waals surface area contributed by atoms with Gasteiger partial charge in [-0.05, 0) is 55.7 Å². The van der Waals surface area contributed by atoms with E-state index in [1.807, 2.05) is 60.7 Å². The van der Waals surface area contributed by atoms with Crippen LogP contribution >= 0.6 is 0 Å². The second-order valence-corrected chi connectivity index (χ2v) is 8.18. The number of rotatable bonds is 9. The fourth-order valence-corrected chi connectivity index (χ4v) is 3.93. The second-order valence-electron chi connectivity index (χ2n) is 8.18. The summed E-state index contributed by atoms with van der Waals surface area (Å²) in [5, 5.41) is 18.2. The Kier molecular flexibility index (Phi) is 6.95. The molecule has 1 amide bonds. The molecule has 4 rings (SSSR count). The third-order valence-corrected chi connectivity index (χ3v) is 5.50. The van der Waals surface area contributed by atoms with Crippen LogP contribution in [0, 0.1) is 0 Å². The first kappa shape index (κ1) is 22.4. The number of anilines is 3. The van der Waals surface area contributed by atoms with Gasteiger partial charge in [0, 0.05) is 35.0 Å². The van der Waals surface area contributed by atoms with Crippen LogP contribution in [0.2, 0.25) is 0 Å². The van der Waals surface area contributed by atoms with Crippen molar-refractivity contribution in [2.24, 2.45) is 0 Å². The summed E-state index contributed by atoms with van der Waals surface area (Å²) in [6.07, 6.45) is 2.20. The first-order valence-electron chi connectivity index (χ1n) is 11.1. The molecule has 168 valence electrons. The van der Waals surface area contributed by atoms with Gasteiger partial charge in [0.05, 0.1) is 23.3 Å². The Balaban J connectivity index is 1.62. The number of nitrogens with zero attached hydrogens (tertiary/aromatic N) is 1. The lowest BCUT2D eigenvalue weighted by atomic mass is 10.1. The number of para-hydroxylation sites is 2. The van der Waals surface area contributed by atoms with Gasteiger partial charge in [0.2, 0.25) is 5.91 Å². The molecular formula is C27H27N3O3. The van der Waals surface area contributed by atoms with Crippen molar-refractivity contribution in [3.8, 4) is 0 Å². The van der Waals surface area contributed by atoms with Gasteiger partial charge in [-0.3, -0.25) is 4.79 Å². The number of amides is 1. The monoisotopic (exact) mass is 441 g/mol. The molecule has 0 atom stereocenters. The predicted octanol–water partition coefficient (Wildman–Crippen LogP) is 5.71. The lowest BCUT2D eigenvalue weighted by Crippen LogP contribution is -2.12. The molecule has 0 radical (unpaired) electrons. The first-order valence-corrected chi connectivity index (χ1v) is 11.1. The van der Waals surface area contributed by atoms with E-state index >= 15 is 0 Å². The van der Waals surface area contributed by atoms with Crippen LogP contribution in [0.3, 0.4) is 0 Å². The Bertz CT molecular complexity index is 1260. The summed E-state index contributed by atoms with van der Waals surface area (Å²) in [7, 11) is 0. The quantitative estimate of drug-likeness (QED) is 0.228. The lowest BCUT2D eigenvalue weighted by Gasteiger charge is -2.15. The fraction of sp³-hybridized carbons (Fsp3) is 0.222. The molecule has 3 aromatic carbocycles. The number of Topliss-reactive ketones (excluding diaryl/α,β-unsaturated/α-hetero) is 1. The van der Waals surface area contributed by atoms with Crippen molar-refractivity contribution in [2.75, 3.05) is 10.6 Å². The Labute approximate surface area is 192 Å². The van der Waals surface area contributed by atoms with E-state index in [-0.39, 0.29) is 18.3 Å². The zero-order chi connectivity index (χ0) is 23.2. The van der Waals surface area contributed by atoms with E-state index in [9.17, 15) is 14.7 Å². The standard InChI is InChI=1S/C27H27N3O3/c1-18(32)8-2-7-13-26(33)28-20-14-19(17-31)15-21(16-20)29-27-22-9-3-5-11-24(22)30-25-12-6-4-10-23(25)27/h3-6,9-12,14-16,31H,2,7-8,13,17H2,1H3,(H,28,33)(H,29,30). The number of aliphatic hydroxyl groups is 1. The van der Waals surface area contributed by atoms with Crippen LogP contribution in [0.25, 0.3) is 21.8 Å².